The fraction of sp³-hybridized carbons (Fsp3) is 0.308. The third kappa shape index (κ3) is 3.21. The Morgan fingerprint density at radius 3 is 2.81 bits per heavy atom. The van der Waals surface area contributed by atoms with Crippen LogP contribution in [0.25, 0.3) is 0 Å². The molecule has 3 heteroatoms. The number of hydrogen-bond donors (Lipinski definition) is 2. The zero-order chi connectivity index (χ0) is 12.1. The van der Waals surface area contributed by atoms with Crippen molar-refractivity contribution in [2.75, 3.05) is 5.32 Å². The van der Waals surface area contributed by atoms with E-state index < -0.39 is 6.04 Å². The zero-order valence-corrected chi connectivity index (χ0v) is 9.79. The number of benzene rings is 1. The van der Waals surface area contributed by atoms with Crippen LogP contribution in [0.5, 0.6) is 0 Å². The molecule has 0 aliphatic rings. The molecule has 1 rings (SSSR count). The average Bonchev–Trinajstić information content (AvgIpc) is 2.22. The first-order chi connectivity index (χ1) is 7.54. The molecule has 1 aromatic rings. The number of carbonyl (C=O) groups is 1. The normalized spacial score (nSPS) is 11.9. The number of hydrogen-bond acceptors (Lipinski definition) is 2. The number of amides is 1. The molecule has 0 fully saturated rings. The molecule has 86 valence electrons. The van der Waals surface area contributed by atoms with Gasteiger partial charge in [0.25, 0.3) is 0 Å². The van der Waals surface area contributed by atoms with Crippen LogP contribution in [0.15, 0.2) is 30.9 Å². The Balaban J connectivity index is 2.73. The van der Waals surface area contributed by atoms with Gasteiger partial charge in [-0.1, -0.05) is 23.8 Å². The molecule has 16 heavy (non-hydrogen) atoms. The topological polar surface area (TPSA) is 55.1 Å². The highest BCUT2D eigenvalue weighted by atomic mass is 16.2. The van der Waals surface area contributed by atoms with Crippen molar-refractivity contribution in [1.29, 1.82) is 0 Å². The van der Waals surface area contributed by atoms with Gasteiger partial charge in [-0.2, -0.15) is 0 Å². The predicted octanol–water partition coefficient (Wildman–Crippen LogP) is 2.15. The van der Waals surface area contributed by atoms with Crippen LogP contribution in [0, 0.1) is 13.8 Å². The van der Waals surface area contributed by atoms with Gasteiger partial charge in [0.15, 0.2) is 0 Å². The molecular weight excluding hydrogens is 200 g/mol. The maximum Gasteiger partial charge on any atom is 0.241 e. The van der Waals surface area contributed by atoms with E-state index in [1.165, 1.54) is 5.56 Å². The van der Waals surface area contributed by atoms with Gasteiger partial charge in [-0.05, 0) is 31.9 Å². The highest BCUT2D eigenvalue weighted by molar-refractivity contribution is 5.95. The Morgan fingerprint density at radius 1 is 1.56 bits per heavy atom. The standard InChI is InChI=1S/C13H18N2O/c1-4-5-11(14)13(16)15-12-7-6-9(2)8-10(12)3/h4,6-8,11H,1,5,14H2,2-3H3,(H,15,16). The van der Waals surface area contributed by atoms with Crippen molar-refractivity contribution in [3.63, 3.8) is 0 Å². The number of rotatable bonds is 4. The first kappa shape index (κ1) is 12.5. The fourth-order valence-corrected chi connectivity index (χ4v) is 1.47. The number of carbonyl (C=O) groups excluding carboxylic acids is 1. The zero-order valence-electron chi connectivity index (χ0n) is 9.79. The Morgan fingerprint density at radius 2 is 2.25 bits per heavy atom. The summed E-state index contributed by atoms with van der Waals surface area (Å²) in [6.45, 7) is 7.54. The van der Waals surface area contributed by atoms with E-state index in [0.29, 0.717) is 6.42 Å². The molecule has 1 aromatic carbocycles. The van der Waals surface area contributed by atoms with Gasteiger partial charge < -0.3 is 11.1 Å². The first-order valence-electron chi connectivity index (χ1n) is 5.29. The molecule has 1 unspecified atom stereocenters. The van der Waals surface area contributed by atoms with E-state index >= 15 is 0 Å². The molecule has 1 amide bonds. The molecule has 0 aromatic heterocycles. The summed E-state index contributed by atoms with van der Waals surface area (Å²) < 4.78 is 0. The molecule has 0 spiro atoms. The molecule has 0 heterocycles. The van der Waals surface area contributed by atoms with Crippen molar-refractivity contribution in [1.82, 2.24) is 0 Å². The minimum Gasteiger partial charge on any atom is -0.324 e. The highest BCUT2D eigenvalue weighted by Crippen LogP contribution is 2.16. The molecule has 0 bridgehead atoms. The lowest BCUT2D eigenvalue weighted by molar-refractivity contribution is -0.117. The maximum absolute atomic E-state index is 11.7. The molecular formula is C13H18N2O. The van der Waals surface area contributed by atoms with Crippen LogP contribution in [0.3, 0.4) is 0 Å². The van der Waals surface area contributed by atoms with Crippen molar-refractivity contribution in [2.24, 2.45) is 5.73 Å². The molecule has 3 N–H and O–H groups in total. The van der Waals surface area contributed by atoms with Gasteiger partial charge in [0.1, 0.15) is 0 Å². The summed E-state index contributed by atoms with van der Waals surface area (Å²) >= 11 is 0. The lowest BCUT2D eigenvalue weighted by Crippen LogP contribution is -2.35. The van der Waals surface area contributed by atoms with E-state index in [1.54, 1.807) is 6.08 Å². The average molecular weight is 218 g/mol. The summed E-state index contributed by atoms with van der Waals surface area (Å²) in [7, 11) is 0. The van der Waals surface area contributed by atoms with Crippen molar-refractivity contribution in [2.45, 2.75) is 26.3 Å². The third-order valence-electron chi connectivity index (χ3n) is 2.40. The first-order valence-corrected chi connectivity index (χ1v) is 5.29. The second kappa shape index (κ2) is 5.47. The van der Waals surface area contributed by atoms with Crippen LogP contribution in [0.4, 0.5) is 5.69 Å². The van der Waals surface area contributed by atoms with E-state index in [1.807, 2.05) is 32.0 Å². The molecule has 0 radical (unpaired) electrons. The molecule has 0 aliphatic heterocycles. The van der Waals surface area contributed by atoms with E-state index in [-0.39, 0.29) is 5.91 Å². The monoisotopic (exact) mass is 218 g/mol. The molecule has 0 saturated heterocycles. The Labute approximate surface area is 96.3 Å². The van der Waals surface area contributed by atoms with Crippen LogP contribution in [0.2, 0.25) is 0 Å². The molecule has 0 saturated carbocycles. The van der Waals surface area contributed by atoms with Crippen molar-refractivity contribution in [3.05, 3.63) is 42.0 Å². The maximum atomic E-state index is 11.7. The van der Waals surface area contributed by atoms with Gasteiger partial charge in [0.2, 0.25) is 5.91 Å². The fourth-order valence-electron chi connectivity index (χ4n) is 1.47. The van der Waals surface area contributed by atoms with E-state index in [0.717, 1.165) is 11.3 Å². The van der Waals surface area contributed by atoms with E-state index in [2.05, 4.69) is 11.9 Å². The summed E-state index contributed by atoms with van der Waals surface area (Å²) in [6, 6.07) is 5.35. The van der Waals surface area contributed by atoms with Crippen LogP contribution < -0.4 is 11.1 Å². The van der Waals surface area contributed by atoms with Gasteiger partial charge >= 0.3 is 0 Å². The highest BCUT2D eigenvalue weighted by Gasteiger charge is 2.12. The summed E-state index contributed by atoms with van der Waals surface area (Å²) in [5, 5.41) is 2.81. The van der Waals surface area contributed by atoms with Gasteiger partial charge in [0, 0.05) is 5.69 Å². The van der Waals surface area contributed by atoms with Crippen molar-refractivity contribution in [3.8, 4) is 0 Å². The van der Waals surface area contributed by atoms with Crippen molar-refractivity contribution >= 4 is 11.6 Å². The van der Waals surface area contributed by atoms with Crippen LogP contribution in [-0.2, 0) is 4.79 Å². The van der Waals surface area contributed by atoms with E-state index in [9.17, 15) is 4.79 Å². The molecule has 3 nitrogen and oxygen atoms in total. The predicted molar refractivity (Wildman–Crippen MR) is 67.3 cm³/mol. The molecule has 1 atom stereocenters. The quantitative estimate of drug-likeness (QED) is 0.761. The van der Waals surface area contributed by atoms with E-state index in [4.69, 9.17) is 5.73 Å². The minimum atomic E-state index is -0.529. The largest absolute Gasteiger partial charge is 0.324 e. The smallest absolute Gasteiger partial charge is 0.241 e. The summed E-state index contributed by atoms with van der Waals surface area (Å²) in [5.74, 6) is -0.174. The summed E-state index contributed by atoms with van der Waals surface area (Å²) in [5.41, 5.74) is 8.70. The van der Waals surface area contributed by atoms with Gasteiger partial charge in [-0.3, -0.25) is 4.79 Å². The van der Waals surface area contributed by atoms with Gasteiger partial charge in [-0.15, -0.1) is 6.58 Å². The van der Waals surface area contributed by atoms with Crippen LogP contribution in [-0.4, -0.2) is 11.9 Å². The minimum absolute atomic E-state index is 0.174. The number of nitrogens with one attached hydrogen (secondary N) is 1. The van der Waals surface area contributed by atoms with Gasteiger partial charge in [0.05, 0.1) is 6.04 Å². The lowest BCUT2D eigenvalue weighted by Gasteiger charge is -2.12. The van der Waals surface area contributed by atoms with Gasteiger partial charge in [-0.25, -0.2) is 0 Å². The number of anilines is 1. The summed E-state index contributed by atoms with van der Waals surface area (Å²) in [4.78, 5) is 11.7. The van der Waals surface area contributed by atoms with Crippen LogP contribution >= 0.6 is 0 Å². The number of aryl methyl sites for hydroxylation is 2. The Hall–Kier alpha value is -1.61. The number of nitrogens with two attached hydrogens (primary N) is 1. The SMILES string of the molecule is C=CCC(N)C(=O)Nc1ccc(C)cc1C. The molecule has 0 aliphatic carbocycles. The Bertz CT molecular complexity index is 399. The second-order valence-corrected chi connectivity index (χ2v) is 3.94. The third-order valence-corrected chi connectivity index (χ3v) is 2.40. The summed E-state index contributed by atoms with van der Waals surface area (Å²) in [6.07, 6.45) is 2.13. The Kier molecular flexibility index (Phi) is 4.26. The van der Waals surface area contributed by atoms with Crippen LogP contribution in [0.1, 0.15) is 17.5 Å². The van der Waals surface area contributed by atoms with Crippen molar-refractivity contribution < 1.29 is 4.79 Å². The lowest BCUT2D eigenvalue weighted by atomic mass is 10.1. The second-order valence-electron chi connectivity index (χ2n) is 3.94.